The maximum Gasteiger partial charge on any atom is 0.341 e. The lowest BCUT2D eigenvalue weighted by Gasteiger charge is -2.07. The van der Waals surface area contributed by atoms with Crippen molar-refractivity contribution in [2.45, 2.75) is 0 Å². The van der Waals surface area contributed by atoms with Crippen LogP contribution in [0.15, 0.2) is 34.9 Å². The van der Waals surface area contributed by atoms with Crippen LogP contribution in [-0.4, -0.2) is 16.1 Å². The fourth-order valence-electron chi connectivity index (χ4n) is 1.31. The molecular formula is C12H6BrF2NO3. The lowest BCUT2D eigenvalue weighted by Crippen LogP contribution is -2.03. The van der Waals surface area contributed by atoms with E-state index in [0.29, 0.717) is 0 Å². The lowest BCUT2D eigenvalue weighted by molar-refractivity contribution is 0.0692. The van der Waals surface area contributed by atoms with Gasteiger partial charge in [0.1, 0.15) is 22.9 Å². The number of carboxylic acid groups (broad SMARTS) is 1. The van der Waals surface area contributed by atoms with Crippen LogP contribution in [0.4, 0.5) is 8.78 Å². The van der Waals surface area contributed by atoms with Gasteiger partial charge in [-0.3, -0.25) is 0 Å². The number of carbonyl (C=O) groups is 1. The molecule has 0 bridgehead atoms. The van der Waals surface area contributed by atoms with Crippen molar-refractivity contribution in [1.29, 1.82) is 0 Å². The van der Waals surface area contributed by atoms with Gasteiger partial charge in [0.2, 0.25) is 5.88 Å². The molecule has 0 aliphatic rings. The van der Waals surface area contributed by atoms with E-state index in [-0.39, 0.29) is 16.1 Å². The van der Waals surface area contributed by atoms with Gasteiger partial charge in [-0.05, 0) is 34.1 Å². The van der Waals surface area contributed by atoms with Gasteiger partial charge in [0.15, 0.2) is 0 Å². The Kier molecular flexibility index (Phi) is 3.75. The molecule has 0 aliphatic carbocycles. The molecule has 1 aromatic carbocycles. The molecule has 0 fully saturated rings. The Balaban J connectivity index is 2.37. The average molecular weight is 330 g/mol. The van der Waals surface area contributed by atoms with Crippen molar-refractivity contribution < 1.29 is 23.4 Å². The summed E-state index contributed by atoms with van der Waals surface area (Å²) in [7, 11) is 0. The molecule has 1 heterocycles. The van der Waals surface area contributed by atoms with Gasteiger partial charge in [-0.2, -0.15) is 0 Å². The molecule has 1 N–H and O–H groups in total. The summed E-state index contributed by atoms with van der Waals surface area (Å²) in [6, 6.07) is 4.65. The number of aromatic nitrogens is 1. The van der Waals surface area contributed by atoms with Crippen LogP contribution in [0.1, 0.15) is 10.4 Å². The number of halogens is 3. The van der Waals surface area contributed by atoms with Gasteiger partial charge < -0.3 is 9.84 Å². The second kappa shape index (κ2) is 5.31. The molecule has 0 unspecified atom stereocenters. The van der Waals surface area contributed by atoms with E-state index in [4.69, 9.17) is 9.84 Å². The Labute approximate surface area is 114 Å². The first-order valence-electron chi connectivity index (χ1n) is 4.99. The van der Waals surface area contributed by atoms with E-state index in [2.05, 4.69) is 20.9 Å². The Morgan fingerprint density at radius 3 is 2.68 bits per heavy atom. The van der Waals surface area contributed by atoms with Crippen LogP contribution in [0.3, 0.4) is 0 Å². The van der Waals surface area contributed by atoms with Crippen LogP contribution in [-0.2, 0) is 0 Å². The van der Waals surface area contributed by atoms with E-state index in [0.717, 1.165) is 18.3 Å². The minimum atomic E-state index is -1.39. The van der Waals surface area contributed by atoms with Gasteiger partial charge in [0.25, 0.3) is 0 Å². The van der Waals surface area contributed by atoms with Crippen LogP contribution >= 0.6 is 15.9 Å². The number of pyridine rings is 1. The molecule has 2 aromatic rings. The zero-order chi connectivity index (χ0) is 14.0. The predicted octanol–water partition coefficient (Wildman–Crippen LogP) is 3.61. The summed E-state index contributed by atoms with van der Waals surface area (Å²) in [6.45, 7) is 0. The van der Waals surface area contributed by atoms with E-state index in [1.807, 2.05) is 0 Å². The maximum atomic E-state index is 13.3. The molecule has 0 radical (unpaired) electrons. The summed E-state index contributed by atoms with van der Waals surface area (Å²) in [4.78, 5) is 14.5. The minimum absolute atomic E-state index is 0.0577. The smallest absolute Gasteiger partial charge is 0.341 e. The second-order valence-corrected chi connectivity index (χ2v) is 4.34. The molecule has 0 saturated carbocycles. The van der Waals surface area contributed by atoms with Gasteiger partial charge in [0, 0.05) is 6.07 Å². The number of aromatic carboxylic acids is 1. The quantitative estimate of drug-likeness (QED) is 0.934. The maximum absolute atomic E-state index is 13.3. The summed E-state index contributed by atoms with van der Waals surface area (Å²) in [5.41, 5.74) is -0.441. The zero-order valence-corrected chi connectivity index (χ0v) is 10.8. The van der Waals surface area contributed by atoms with Crippen LogP contribution in [0.5, 0.6) is 11.6 Å². The van der Waals surface area contributed by atoms with Crippen molar-refractivity contribution in [2.24, 2.45) is 0 Å². The first kappa shape index (κ1) is 13.4. The largest absolute Gasteiger partial charge is 0.477 e. The van der Waals surface area contributed by atoms with Gasteiger partial charge in [-0.15, -0.1) is 0 Å². The number of hydrogen-bond donors (Lipinski definition) is 1. The summed E-state index contributed by atoms with van der Waals surface area (Å²) in [6.07, 6.45) is 0.816. The van der Waals surface area contributed by atoms with Crippen molar-refractivity contribution in [3.05, 3.63) is 52.1 Å². The molecular weight excluding hydrogens is 324 g/mol. The van der Waals surface area contributed by atoms with Crippen LogP contribution in [0.25, 0.3) is 0 Å². The van der Waals surface area contributed by atoms with Crippen LogP contribution in [0, 0.1) is 11.6 Å². The van der Waals surface area contributed by atoms with Crippen molar-refractivity contribution in [3.63, 3.8) is 0 Å². The first-order valence-corrected chi connectivity index (χ1v) is 5.78. The molecule has 0 atom stereocenters. The molecule has 1 aromatic heterocycles. The highest BCUT2D eigenvalue weighted by molar-refractivity contribution is 9.10. The molecule has 0 amide bonds. The number of hydrogen-bond acceptors (Lipinski definition) is 3. The third-order valence-corrected chi connectivity index (χ3v) is 2.80. The van der Waals surface area contributed by atoms with E-state index in [9.17, 15) is 13.6 Å². The van der Waals surface area contributed by atoms with Gasteiger partial charge in [0.05, 0.1) is 10.7 Å². The number of carboxylic acids is 1. The Morgan fingerprint density at radius 1 is 1.32 bits per heavy atom. The summed E-state index contributed by atoms with van der Waals surface area (Å²) >= 11 is 2.97. The third kappa shape index (κ3) is 3.05. The van der Waals surface area contributed by atoms with E-state index in [1.54, 1.807) is 0 Å². The predicted molar refractivity (Wildman–Crippen MR) is 65.3 cm³/mol. The van der Waals surface area contributed by atoms with Gasteiger partial charge in [-0.1, -0.05) is 0 Å². The van der Waals surface area contributed by atoms with E-state index < -0.39 is 23.2 Å². The van der Waals surface area contributed by atoms with Crippen molar-refractivity contribution in [1.82, 2.24) is 4.98 Å². The molecule has 0 saturated heterocycles. The monoisotopic (exact) mass is 329 g/mol. The van der Waals surface area contributed by atoms with Crippen molar-refractivity contribution >= 4 is 21.9 Å². The highest BCUT2D eigenvalue weighted by atomic mass is 79.9. The lowest BCUT2D eigenvalue weighted by atomic mass is 10.2. The summed E-state index contributed by atoms with van der Waals surface area (Å²) in [5, 5.41) is 8.90. The fourth-order valence-corrected chi connectivity index (χ4v) is 1.56. The highest BCUT2D eigenvalue weighted by Crippen LogP contribution is 2.27. The normalized spacial score (nSPS) is 10.3. The fraction of sp³-hybridized carbons (Fsp3) is 0. The second-order valence-electron chi connectivity index (χ2n) is 3.49. The van der Waals surface area contributed by atoms with Crippen molar-refractivity contribution in [3.8, 4) is 11.6 Å². The first-order chi connectivity index (χ1) is 8.97. The molecule has 0 spiro atoms. The SMILES string of the molecule is O=C(O)c1cc(F)cnc1Oc1ccc(Br)c(F)c1. The summed E-state index contributed by atoms with van der Waals surface area (Å²) < 4.78 is 31.6. The molecule has 4 nitrogen and oxygen atoms in total. The van der Waals surface area contributed by atoms with E-state index >= 15 is 0 Å². The van der Waals surface area contributed by atoms with Gasteiger partial charge in [-0.25, -0.2) is 18.6 Å². The van der Waals surface area contributed by atoms with Crippen molar-refractivity contribution in [2.75, 3.05) is 0 Å². The topological polar surface area (TPSA) is 59.4 Å². The third-order valence-electron chi connectivity index (χ3n) is 2.15. The van der Waals surface area contributed by atoms with E-state index in [1.165, 1.54) is 12.1 Å². The number of ether oxygens (including phenoxy) is 1. The number of rotatable bonds is 3. The molecule has 19 heavy (non-hydrogen) atoms. The Bertz CT molecular complexity index is 649. The highest BCUT2D eigenvalue weighted by Gasteiger charge is 2.15. The molecule has 98 valence electrons. The number of nitrogens with zero attached hydrogens (tertiary/aromatic N) is 1. The standard InChI is InChI=1S/C12H6BrF2NO3/c13-9-2-1-7(4-10(9)15)19-11-8(12(17)18)3-6(14)5-16-11/h1-5H,(H,17,18). The Morgan fingerprint density at radius 2 is 2.05 bits per heavy atom. The molecule has 0 aliphatic heterocycles. The Hall–Kier alpha value is -2.02. The van der Waals surface area contributed by atoms with Crippen LogP contribution < -0.4 is 4.74 Å². The summed E-state index contributed by atoms with van der Waals surface area (Å²) in [5.74, 6) is -3.01. The number of benzene rings is 1. The minimum Gasteiger partial charge on any atom is -0.477 e. The van der Waals surface area contributed by atoms with Gasteiger partial charge >= 0.3 is 5.97 Å². The molecule has 2 rings (SSSR count). The van der Waals surface area contributed by atoms with Crippen LogP contribution in [0.2, 0.25) is 0 Å². The molecule has 7 heteroatoms. The average Bonchev–Trinajstić information content (AvgIpc) is 2.36. The zero-order valence-electron chi connectivity index (χ0n) is 9.23.